The lowest BCUT2D eigenvalue weighted by Crippen LogP contribution is -2.12. The molecule has 0 aliphatic heterocycles. The van der Waals surface area contributed by atoms with E-state index >= 15 is 0 Å². The zero-order valence-electron chi connectivity index (χ0n) is 11.4. The van der Waals surface area contributed by atoms with Crippen LogP contribution in [0.15, 0.2) is 42.5 Å². The Morgan fingerprint density at radius 3 is 2.35 bits per heavy atom. The Bertz CT molecular complexity index is 603. The molecule has 2 aromatic carbocycles. The van der Waals surface area contributed by atoms with E-state index in [1.807, 2.05) is 32.0 Å². The first-order valence-electron chi connectivity index (χ1n) is 6.35. The first-order chi connectivity index (χ1) is 9.39. The predicted octanol–water partition coefficient (Wildman–Crippen LogP) is 4.93. The maximum absolute atomic E-state index is 12.9. The average Bonchev–Trinajstić information content (AvgIpc) is 2.40. The van der Waals surface area contributed by atoms with Crippen molar-refractivity contribution >= 4 is 5.69 Å². The fourth-order valence-corrected chi connectivity index (χ4v) is 2.08. The van der Waals surface area contributed by atoms with Crippen molar-refractivity contribution in [3.8, 4) is 0 Å². The molecule has 0 amide bonds. The molecule has 20 heavy (non-hydrogen) atoms. The minimum Gasteiger partial charge on any atom is -0.381 e. The fraction of sp³-hybridized carbons (Fsp3) is 0.250. The standard InChI is InChI=1S/C16H16F3N/c1-11-6-5-9-15(12(11)2)20-10-13-7-3-4-8-14(13)16(17,18)19/h3-9,20H,10H2,1-2H3. The van der Waals surface area contributed by atoms with Gasteiger partial charge in [0.15, 0.2) is 0 Å². The molecule has 0 saturated heterocycles. The van der Waals surface area contributed by atoms with E-state index in [9.17, 15) is 13.2 Å². The van der Waals surface area contributed by atoms with Crippen molar-refractivity contribution in [3.63, 3.8) is 0 Å². The van der Waals surface area contributed by atoms with Gasteiger partial charge in [-0.05, 0) is 42.7 Å². The summed E-state index contributed by atoms with van der Waals surface area (Å²) in [6, 6.07) is 11.4. The third kappa shape index (κ3) is 3.13. The van der Waals surface area contributed by atoms with Gasteiger partial charge in [-0.2, -0.15) is 13.2 Å². The molecule has 0 fully saturated rings. The summed E-state index contributed by atoms with van der Waals surface area (Å²) in [5.74, 6) is 0. The number of halogens is 3. The van der Waals surface area contributed by atoms with Crippen molar-refractivity contribution in [1.82, 2.24) is 0 Å². The Kier molecular flexibility index (Phi) is 4.02. The van der Waals surface area contributed by atoms with Crippen LogP contribution in [0, 0.1) is 13.8 Å². The number of nitrogens with one attached hydrogen (secondary N) is 1. The highest BCUT2D eigenvalue weighted by atomic mass is 19.4. The molecule has 0 aromatic heterocycles. The average molecular weight is 279 g/mol. The molecule has 0 heterocycles. The van der Waals surface area contributed by atoms with Crippen LogP contribution in [0.2, 0.25) is 0 Å². The molecule has 0 atom stereocenters. The Hall–Kier alpha value is -1.97. The van der Waals surface area contributed by atoms with Gasteiger partial charge in [-0.15, -0.1) is 0 Å². The van der Waals surface area contributed by atoms with Gasteiger partial charge in [0.1, 0.15) is 0 Å². The molecule has 0 spiro atoms. The van der Waals surface area contributed by atoms with E-state index in [1.54, 1.807) is 6.07 Å². The number of aryl methyl sites for hydroxylation is 1. The molecule has 0 unspecified atom stereocenters. The largest absolute Gasteiger partial charge is 0.416 e. The zero-order valence-corrected chi connectivity index (χ0v) is 11.4. The van der Waals surface area contributed by atoms with Gasteiger partial charge in [0.05, 0.1) is 5.56 Å². The zero-order chi connectivity index (χ0) is 14.8. The fourth-order valence-electron chi connectivity index (χ4n) is 2.08. The van der Waals surface area contributed by atoms with E-state index in [0.717, 1.165) is 22.9 Å². The molecule has 0 aliphatic carbocycles. The van der Waals surface area contributed by atoms with Crippen molar-refractivity contribution in [2.24, 2.45) is 0 Å². The highest BCUT2D eigenvalue weighted by Crippen LogP contribution is 2.32. The molecule has 1 N–H and O–H groups in total. The first kappa shape index (κ1) is 14.4. The third-order valence-corrected chi connectivity index (χ3v) is 3.40. The predicted molar refractivity (Wildman–Crippen MR) is 74.7 cm³/mol. The lowest BCUT2D eigenvalue weighted by molar-refractivity contribution is -0.138. The summed E-state index contributed by atoms with van der Waals surface area (Å²) in [4.78, 5) is 0. The second-order valence-electron chi connectivity index (χ2n) is 4.76. The van der Waals surface area contributed by atoms with E-state index in [0.29, 0.717) is 0 Å². The van der Waals surface area contributed by atoms with Gasteiger partial charge >= 0.3 is 6.18 Å². The van der Waals surface area contributed by atoms with Crippen molar-refractivity contribution in [1.29, 1.82) is 0 Å². The number of benzene rings is 2. The molecule has 0 saturated carbocycles. The number of alkyl halides is 3. The van der Waals surface area contributed by atoms with E-state index in [4.69, 9.17) is 0 Å². The smallest absolute Gasteiger partial charge is 0.381 e. The van der Waals surface area contributed by atoms with Crippen LogP contribution in [-0.2, 0) is 12.7 Å². The third-order valence-electron chi connectivity index (χ3n) is 3.40. The van der Waals surface area contributed by atoms with Crippen LogP contribution >= 0.6 is 0 Å². The van der Waals surface area contributed by atoms with Gasteiger partial charge in [0.2, 0.25) is 0 Å². The molecule has 0 aliphatic rings. The number of hydrogen-bond donors (Lipinski definition) is 1. The normalized spacial score (nSPS) is 11.4. The van der Waals surface area contributed by atoms with Crippen LogP contribution in [0.3, 0.4) is 0 Å². The van der Waals surface area contributed by atoms with Gasteiger partial charge in [-0.1, -0.05) is 30.3 Å². The molecule has 4 heteroatoms. The molecular formula is C16H16F3N. The lowest BCUT2D eigenvalue weighted by atomic mass is 10.1. The molecule has 0 radical (unpaired) electrons. The summed E-state index contributed by atoms with van der Waals surface area (Å²) in [5, 5.41) is 3.08. The topological polar surface area (TPSA) is 12.0 Å². The number of rotatable bonds is 3. The molecule has 0 bridgehead atoms. The van der Waals surface area contributed by atoms with Crippen molar-refractivity contribution < 1.29 is 13.2 Å². The van der Waals surface area contributed by atoms with Crippen LogP contribution < -0.4 is 5.32 Å². The minimum atomic E-state index is -4.32. The van der Waals surface area contributed by atoms with Gasteiger partial charge in [-0.25, -0.2) is 0 Å². The van der Waals surface area contributed by atoms with Gasteiger partial charge in [-0.3, -0.25) is 0 Å². The van der Waals surface area contributed by atoms with Crippen LogP contribution in [0.1, 0.15) is 22.3 Å². The molecule has 2 rings (SSSR count). The van der Waals surface area contributed by atoms with Crippen LogP contribution in [0.25, 0.3) is 0 Å². The molecular weight excluding hydrogens is 263 g/mol. The quantitative estimate of drug-likeness (QED) is 0.839. The van der Waals surface area contributed by atoms with Gasteiger partial charge < -0.3 is 5.32 Å². The molecule has 106 valence electrons. The SMILES string of the molecule is Cc1cccc(NCc2ccccc2C(F)(F)F)c1C. The highest BCUT2D eigenvalue weighted by Gasteiger charge is 2.32. The van der Waals surface area contributed by atoms with Gasteiger partial charge in [0, 0.05) is 12.2 Å². The monoisotopic (exact) mass is 279 g/mol. The van der Waals surface area contributed by atoms with Crippen LogP contribution in [0.5, 0.6) is 0 Å². The van der Waals surface area contributed by atoms with E-state index in [-0.39, 0.29) is 12.1 Å². The summed E-state index contributed by atoms with van der Waals surface area (Å²) in [6.45, 7) is 4.08. The first-order valence-corrected chi connectivity index (χ1v) is 6.35. The number of hydrogen-bond acceptors (Lipinski definition) is 1. The Balaban J connectivity index is 2.22. The lowest BCUT2D eigenvalue weighted by Gasteiger charge is -2.15. The Morgan fingerprint density at radius 2 is 1.65 bits per heavy atom. The van der Waals surface area contributed by atoms with Crippen molar-refractivity contribution in [3.05, 3.63) is 64.7 Å². The summed E-state index contributed by atoms with van der Waals surface area (Å²) in [6.07, 6.45) is -4.32. The van der Waals surface area contributed by atoms with Crippen molar-refractivity contribution in [2.45, 2.75) is 26.6 Å². The van der Waals surface area contributed by atoms with Gasteiger partial charge in [0.25, 0.3) is 0 Å². The van der Waals surface area contributed by atoms with E-state index in [2.05, 4.69) is 5.32 Å². The summed E-state index contributed by atoms with van der Waals surface area (Å²) >= 11 is 0. The van der Waals surface area contributed by atoms with E-state index in [1.165, 1.54) is 12.1 Å². The second-order valence-corrected chi connectivity index (χ2v) is 4.76. The maximum Gasteiger partial charge on any atom is 0.416 e. The van der Waals surface area contributed by atoms with Crippen LogP contribution in [-0.4, -0.2) is 0 Å². The summed E-state index contributed by atoms with van der Waals surface area (Å²) in [5.41, 5.74) is 2.69. The Labute approximate surface area is 116 Å². The van der Waals surface area contributed by atoms with Crippen LogP contribution in [0.4, 0.5) is 18.9 Å². The van der Waals surface area contributed by atoms with Crippen molar-refractivity contribution in [2.75, 3.05) is 5.32 Å². The second kappa shape index (κ2) is 5.57. The van der Waals surface area contributed by atoms with E-state index < -0.39 is 11.7 Å². The highest BCUT2D eigenvalue weighted by molar-refractivity contribution is 5.54. The maximum atomic E-state index is 12.9. The summed E-state index contributed by atoms with van der Waals surface area (Å²) in [7, 11) is 0. The summed E-state index contributed by atoms with van der Waals surface area (Å²) < 4.78 is 38.7. The number of anilines is 1. The Morgan fingerprint density at radius 1 is 0.950 bits per heavy atom. The minimum absolute atomic E-state index is 0.153. The molecule has 2 aromatic rings. The molecule has 1 nitrogen and oxygen atoms in total.